The molecule has 2 unspecified atom stereocenters. The molecule has 0 amide bonds. The monoisotopic (exact) mass is 1010 g/mol. The summed E-state index contributed by atoms with van der Waals surface area (Å²) in [7, 11) is 0. The number of anilines is 6. The van der Waals surface area contributed by atoms with Gasteiger partial charge >= 0.3 is 0 Å². The van der Waals surface area contributed by atoms with Crippen LogP contribution in [0.25, 0.3) is 11.1 Å². The van der Waals surface area contributed by atoms with E-state index < -0.39 is 0 Å². The first-order valence-electron chi connectivity index (χ1n) is 28.9. The summed E-state index contributed by atoms with van der Waals surface area (Å²) in [4.78, 5) is 7.88. The van der Waals surface area contributed by atoms with Crippen molar-refractivity contribution in [3.05, 3.63) is 237 Å². The third-order valence-corrected chi connectivity index (χ3v) is 19.8. The van der Waals surface area contributed by atoms with Gasteiger partial charge in [0.05, 0.1) is 17.1 Å². The molecule has 0 saturated heterocycles. The maximum atomic E-state index is 2.68. The van der Waals surface area contributed by atoms with Crippen LogP contribution in [0.5, 0.6) is 0 Å². The summed E-state index contributed by atoms with van der Waals surface area (Å²) in [5.74, 6) is 0.868. The molecule has 390 valence electrons. The summed E-state index contributed by atoms with van der Waals surface area (Å²) in [5.41, 5.74) is 27.8. The van der Waals surface area contributed by atoms with E-state index in [2.05, 4.69) is 275 Å². The standard InChI is InChI=1S/C74H79N3/c1-69(2,3)46-27-31-48(32-28-46)75(50-35-38-56-54-21-15-17-23-58(54)71(7,8)61(56)41-50)52-37-40-67-63(43-52)74(13,14)65-45-53(44-64-68(65)77(67)66-26-20-19-25-60(66)73(64,11)12)76(49-33-29-47(30-34-49)70(4,5)6)51-36-39-57-55-22-16-18-24-59(55)72(9,10)62(57)42-51/h15-27,29,31-33,35-38,40-46,57H,28,30,34,39H2,1-14H3. The van der Waals surface area contributed by atoms with E-state index in [-0.39, 0.29) is 32.5 Å². The average Bonchev–Trinajstić information content (AvgIpc) is 4.01. The lowest BCUT2D eigenvalue weighted by molar-refractivity contribution is 0.293. The first-order valence-corrected chi connectivity index (χ1v) is 28.9. The van der Waals surface area contributed by atoms with Crippen LogP contribution in [-0.2, 0) is 21.7 Å². The summed E-state index contributed by atoms with van der Waals surface area (Å²) >= 11 is 0. The number of hydrogen-bond acceptors (Lipinski definition) is 3. The maximum Gasteiger partial charge on any atom is 0.0545 e. The van der Waals surface area contributed by atoms with Gasteiger partial charge in [-0.1, -0.05) is 205 Å². The molecular formula is C74H79N3. The van der Waals surface area contributed by atoms with Gasteiger partial charge in [0.2, 0.25) is 0 Å². The zero-order chi connectivity index (χ0) is 53.9. The molecule has 2 atom stereocenters. The number of hydrogen-bond donors (Lipinski definition) is 0. The molecule has 2 heterocycles. The van der Waals surface area contributed by atoms with Crippen LogP contribution in [0.3, 0.4) is 0 Å². The quantitative estimate of drug-likeness (QED) is 0.165. The van der Waals surface area contributed by atoms with Gasteiger partial charge in [0.25, 0.3) is 0 Å². The number of nitrogens with zero attached hydrogens (tertiary/aromatic N) is 3. The molecule has 0 aromatic heterocycles. The fourth-order valence-corrected chi connectivity index (χ4v) is 15.0. The highest BCUT2D eigenvalue weighted by molar-refractivity contribution is 5.95. The SMILES string of the molecule is CC(C)(C)C1=CC=C(N(C2=CCC3C(=C2)C(C)(C)c2ccccc23)c2cc3c4c(c2)C(C)(C)c2cc(N(C5=CCC(C(C)(C)C)C=C5)c5ccc6c(c5)C(C)(C)c5ccccc5-6)ccc2N4c2ccccc2C3(C)C)CC1. The number of rotatable bonds is 6. The van der Waals surface area contributed by atoms with Crippen molar-refractivity contribution in [2.45, 2.75) is 150 Å². The zero-order valence-corrected chi connectivity index (χ0v) is 48.4. The highest BCUT2D eigenvalue weighted by Crippen LogP contribution is 2.63. The fourth-order valence-electron chi connectivity index (χ4n) is 15.0. The number of para-hydroxylation sites is 1. The average molecular weight is 1010 g/mol. The van der Waals surface area contributed by atoms with E-state index in [0.717, 1.165) is 25.7 Å². The Bertz CT molecular complexity index is 3690. The molecule has 6 aromatic rings. The summed E-state index contributed by atoms with van der Waals surface area (Å²) in [6.45, 7) is 33.8. The zero-order valence-electron chi connectivity index (χ0n) is 48.4. The Kier molecular flexibility index (Phi) is 10.9. The molecule has 0 bridgehead atoms. The minimum Gasteiger partial charge on any atom is -0.315 e. The van der Waals surface area contributed by atoms with Crippen LogP contribution < -0.4 is 14.7 Å². The lowest BCUT2D eigenvalue weighted by Crippen LogP contribution is -2.39. The van der Waals surface area contributed by atoms with Crippen molar-refractivity contribution < 1.29 is 0 Å². The number of fused-ring (bicyclic) bond motifs is 10. The second kappa shape index (κ2) is 16.8. The molecule has 6 aromatic carbocycles. The van der Waals surface area contributed by atoms with Crippen LogP contribution in [0.2, 0.25) is 0 Å². The van der Waals surface area contributed by atoms with Crippen molar-refractivity contribution in [1.29, 1.82) is 0 Å². The van der Waals surface area contributed by atoms with E-state index in [1.807, 2.05) is 0 Å². The molecule has 77 heavy (non-hydrogen) atoms. The molecule has 13 rings (SSSR count). The van der Waals surface area contributed by atoms with Crippen LogP contribution in [0.15, 0.2) is 192 Å². The van der Waals surface area contributed by atoms with Gasteiger partial charge in [-0.15, -0.1) is 0 Å². The second-order valence-corrected chi connectivity index (χ2v) is 27.8. The Morgan fingerprint density at radius 1 is 0.494 bits per heavy atom. The van der Waals surface area contributed by atoms with Crippen molar-refractivity contribution in [1.82, 2.24) is 0 Å². The van der Waals surface area contributed by atoms with Gasteiger partial charge in [-0.3, -0.25) is 0 Å². The smallest absolute Gasteiger partial charge is 0.0545 e. The Morgan fingerprint density at radius 2 is 1.08 bits per heavy atom. The highest BCUT2D eigenvalue weighted by atomic mass is 15.2. The summed E-state index contributed by atoms with van der Waals surface area (Å²) in [6, 6.07) is 47.3. The minimum absolute atomic E-state index is 0.0587. The molecule has 3 heteroatoms. The molecule has 3 nitrogen and oxygen atoms in total. The first-order chi connectivity index (χ1) is 36.5. The lowest BCUT2D eigenvalue weighted by atomic mass is 9.66. The van der Waals surface area contributed by atoms with Crippen LogP contribution >= 0.6 is 0 Å². The molecule has 0 fully saturated rings. The van der Waals surface area contributed by atoms with Gasteiger partial charge in [-0.05, 0) is 165 Å². The molecule has 0 radical (unpaired) electrons. The van der Waals surface area contributed by atoms with Crippen molar-refractivity contribution in [2.75, 3.05) is 14.7 Å². The largest absolute Gasteiger partial charge is 0.315 e. The van der Waals surface area contributed by atoms with Gasteiger partial charge in [-0.25, -0.2) is 0 Å². The Labute approximate surface area is 461 Å². The van der Waals surface area contributed by atoms with E-state index in [0.29, 0.717) is 11.8 Å². The topological polar surface area (TPSA) is 9.72 Å². The third kappa shape index (κ3) is 7.41. The van der Waals surface area contributed by atoms with Crippen LogP contribution in [-0.4, -0.2) is 0 Å². The predicted octanol–water partition coefficient (Wildman–Crippen LogP) is 20.1. The van der Waals surface area contributed by atoms with Crippen molar-refractivity contribution in [3.8, 4) is 11.1 Å². The third-order valence-electron chi connectivity index (χ3n) is 19.8. The van der Waals surface area contributed by atoms with E-state index in [4.69, 9.17) is 0 Å². The molecule has 5 aliphatic carbocycles. The van der Waals surface area contributed by atoms with Crippen LogP contribution in [0.1, 0.15) is 173 Å². The summed E-state index contributed by atoms with van der Waals surface area (Å²) in [5, 5.41) is 0. The maximum absolute atomic E-state index is 2.68. The van der Waals surface area contributed by atoms with Crippen molar-refractivity contribution in [3.63, 3.8) is 0 Å². The normalized spacial score (nSPS) is 21.4. The molecule has 2 aliphatic heterocycles. The van der Waals surface area contributed by atoms with E-state index in [1.165, 1.54) is 118 Å². The van der Waals surface area contributed by atoms with Gasteiger partial charge in [-0.2, -0.15) is 0 Å². The van der Waals surface area contributed by atoms with Crippen LogP contribution in [0.4, 0.5) is 34.1 Å². The summed E-state index contributed by atoms with van der Waals surface area (Å²) in [6.07, 6.45) is 21.5. The van der Waals surface area contributed by atoms with Crippen molar-refractivity contribution in [2.24, 2.45) is 16.7 Å². The van der Waals surface area contributed by atoms with Gasteiger partial charge < -0.3 is 14.7 Å². The first kappa shape index (κ1) is 49.7. The highest BCUT2D eigenvalue weighted by Gasteiger charge is 2.48. The molecule has 0 spiro atoms. The van der Waals surface area contributed by atoms with Gasteiger partial charge in [0.15, 0.2) is 0 Å². The van der Waals surface area contributed by atoms with Gasteiger partial charge in [0, 0.05) is 61.7 Å². The van der Waals surface area contributed by atoms with E-state index in [1.54, 1.807) is 0 Å². The van der Waals surface area contributed by atoms with Gasteiger partial charge in [0.1, 0.15) is 0 Å². The second-order valence-electron chi connectivity index (χ2n) is 27.8. The molecule has 7 aliphatic rings. The predicted molar refractivity (Wildman–Crippen MR) is 327 cm³/mol. The summed E-state index contributed by atoms with van der Waals surface area (Å²) < 4.78 is 0. The Balaban J connectivity index is 1.01. The molecule has 0 N–H and O–H groups in total. The van der Waals surface area contributed by atoms with E-state index >= 15 is 0 Å². The fraction of sp³-hybridized carbons (Fsp3) is 0.351. The molecule has 0 saturated carbocycles. The molecular weight excluding hydrogens is 931 g/mol. The Hall–Kier alpha value is -6.84. The van der Waals surface area contributed by atoms with E-state index in [9.17, 15) is 0 Å². The van der Waals surface area contributed by atoms with Crippen LogP contribution in [0, 0.1) is 16.7 Å². The number of benzene rings is 6. The Morgan fingerprint density at radius 3 is 1.75 bits per heavy atom. The lowest BCUT2D eigenvalue weighted by Gasteiger charge is -2.50. The number of allylic oxidation sites excluding steroid dienone is 10. The minimum atomic E-state index is -0.378. The van der Waals surface area contributed by atoms with Crippen molar-refractivity contribution >= 4 is 34.1 Å².